The maximum absolute atomic E-state index is 13.0. The Labute approximate surface area is 126 Å². The van der Waals surface area contributed by atoms with Gasteiger partial charge in [-0.2, -0.15) is 13.2 Å². The fourth-order valence-electron chi connectivity index (χ4n) is 3.77. The number of hydrogen-bond acceptors (Lipinski definition) is 4. The van der Waals surface area contributed by atoms with Crippen LogP contribution in [0.4, 0.5) is 13.2 Å². The average Bonchev–Trinajstić information content (AvgIpc) is 2.69. The normalized spacial score (nSPS) is 32.3. The third kappa shape index (κ3) is 2.46. The molecule has 7 heteroatoms. The molecule has 2 bridgehead atoms. The maximum Gasteiger partial charge on any atom is 0.417 e. The molecule has 1 aromatic rings. The van der Waals surface area contributed by atoms with E-state index in [0.29, 0.717) is 12.8 Å². The molecule has 122 valence electrons. The van der Waals surface area contributed by atoms with Gasteiger partial charge in [0.15, 0.2) is 0 Å². The minimum atomic E-state index is -4.49. The van der Waals surface area contributed by atoms with Crippen LogP contribution >= 0.6 is 0 Å². The van der Waals surface area contributed by atoms with Gasteiger partial charge in [0.25, 0.3) is 0 Å². The fraction of sp³-hybridized carbons (Fsp3) is 0.667. The zero-order chi connectivity index (χ0) is 16.1. The Hall–Kier alpha value is -1.34. The summed E-state index contributed by atoms with van der Waals surface area (Å²) >= 11 is 0. The van der Waals surface area contributed by atoms with Crippen LogP contribution in [0.3, 0.4) is 0 Å². The molecule has 2 saturated heterocycles. The van der Waals surface area contributed by atoms with Crippen molar-refractivity contribution in [2.24, 2.45) is 0 Å². The first-order valence-electron chi connectivity index (χ1n) is 7.30. The Morgan fingerprint density at radius 1 is 1.32 bits per heavy atom. The molecule has 0 amide bonds. The molecule has 1 aromatic heterocycles. The van der Waals surface area contributed by atoms with E-state index in [1.54, 1.807) is 0 Å². The molecule has 22 heavy (non-hydrogen) atoms. The van der Waals surface area contributed by atoms with Crippen LogP contribution in [0.5, 0.6) is 5.88 Å². The van der Waals surface area contributed by atoms with Gasteiger partial charge in [0.2, 0.25) is 5.88 Å². The predicted octanol–water partition coefficient (Wildman–Crippen LogP) is 2.55. The standard InChI is InChI=1S/C15H19F3N2O2/c1-20-10-3-4-11(20)7-14(21,6-10)12-5-9(15(16,17)18)8-19-13(12)22-2/h5,8,10-11,21H,3-4,6-7H2,1-2H3. The van der Waals surface area contributed by atoms with Crippen LogP contribution in [0.1, 0.15) is 36.8 Å². The highest BCUT2D eigenvalue weighted by molar-refractivity contribution is 5.37. The molecule has 2 fully saturated rings. The predicted molar refractivity (Wildman–Crippen MR) is 73.5 cm³/mol. The monoisotopic (exact) mass is 316 g/mol. The van der Waals surface area contributed by atoms with Crippen molar-refractivity contribution in [1.82, 2.24) is 9.88 Å². The molecule has 4 nitrogen and oxygen atoms in total. The third-order valence-corrected chi connectivity index (χ3v) is 5.00. The highest BCUT2D eigenvalue weighted by atomic mass is 19.4. The van der Waals surface area contributed by atoms with E-state index in [1.807, 2.05) is 7.05 Å². The molecule has 2 aliphatic rings. The zero-order valence-corrected chi connectivity index (χ0v) is 12.5. The van der Waals surface area contributed by atoms with Gasteiger partial charge in [-0.3, -0.25) is 0 Å². The molecular formula is C15H19F3N2O2. The van der Waals surface area contributed by atoms with Crippen LogP contribution < -0.4 is 4.74 Å². The van der Waals surface area contributed by atoms with Crippen molar-refractivity contribution in [3.63, 3.8) is 0 Å². The second-order valence-electron chi connectivity index (χ2n) is 6.27. The molecule has 0 spiro atoms. The number of halogens is 3. The van der Waals surface area contributed by atoms with Gasteiger partial charge >= 0.3 is 6.18 Å². The van der Waals surface area contributed by atoms with Crippen LogP contribution in [0.2, 0.25) is 0 Å². The van der Waals surface area contributed by atoms with Crippen molar-refractivity contribution in [2.75, 3.05) is 14.2 Å². The summed E-state index contributed by atoms with van der Waals surface area (Å²) in [5, 5.41) is 11.0. The van der Waals surface area contributed by atoms with E-state index in [1.165, 1.54) is 7.11 Å². The molecule has 0 saturated carbocycles. The lowest BCUT2D eigenvalue weighted by atomic mass is 9.80. The number of nitrogens with zero attached hydrogens (tertiary/aromatic N) is 2. The van der Waals surface area contributed by atoms with Gasteiger partial charge in [-0.1, -0.05) is 0 Å². The summed E-state index contributed by atoms with van der Waals surface area (Å²) in [6.45, 7) is 0. The minimum absolute atomic E-state index is 0.0689. The van der Waals surface area contributed by atoms with Crippen LogP contribution in [-0.2, 0) is 11.8 Å². The quantitative estimate of drug-likeness (QED) is 0.911. The molecule has 1 N–H and O–H groups in total. The summed E-state index contributed by atoms with van der Waals surface area (Å²) < 4.78 is 44.0. The van der Waals surface area contributed by atoms with E-state index in [2.05, 4.69) is 9.88 Å². The molecule has 0 aromatic carbocycles. The Morgan fingerprint density at radius 2 is 1.91 bits per heavy atom. The Kier molecular flexibility index (Phi) is 3.60. The summed E-state index contributed by atoms with van der Waals surface area (Å²) in [6, 6.07) is 1.35. The maximum atomic E-state index is 13.0. The molecule has 2 aliphatic heterocycles. The fourth-order valence-corrected chi connectivity index (χ4v) is 3.77. The molecular weight excluding hydrogens is 297 g/mol. The lowest BCUT2D eigenvalue weighted by Crippen LogP contribution is -2.47. The molecule has 3 heterocycles. The van der Waals surface area contributed by atoms with Crippen LogP contribution in [0.25, 0.3) is 0 Å². The molecule has 3 rings (SSSR count). The molecule has 0 aliphatic carbocycles. The van der Waals surface area contributed by atoms with E-state index in [4.69, 9.17) is 4.74 Å². The van der Waals surface area contributed by atoms with Crippen LogP contribution in [0.15, 0.2) is 12.3 Å². The Morgan fingerprint density at radius 3 is 2.41 bits per heavy atom. The number of hydrogen-bond donors (Lipinski definition) is 1. The summed E-state index contributed by atoms with van der Waals surface area (Å²) in [7, 11) is 3.36. The van der Waals surface area contributed by atoms with E-state index in [9.17, 15) is 18.3 Å². The summed E-state index contributed by atoms with van der Waals surface area (Å²) in [4.78, 5) is 5.97. The number of methoxy groups -OCH3 is 1. The molecule has 0 radical (unpaired) electrons. The number of pyridine rings is 1. The number of ether oxygens (including phenoxy) is 1. The number of aromatic nitrogens is 1. The Balaban J connectivity index is 2.03. The first kappa shape index (κ1) is 15.6. The van der Waals surface area contributed by atoms with Gasteiger partial charge in [0.05, 0.1) is 18.3 Å². The van der Waals surface area contributed by atoms with Crippen molar-refractivity contribution in [1.29, 1.82) is 0 Å². The largest absolute Gasteiger partial charge is 0.481 e. The summed E-state index contributed by atoms with van der Waals surface area (Å²) in [6.07, 6.45) is -1.03. The second kappa shape index (κ2) is 5.09. The number of aliphatic hydroxyl groups is 1. The van der Waals surface area contributed by atoms with Crippen molar-refractivity contribution >= 4 is 0 Å². The van der Waals surface area contributed by atoms with Crippen molar-refractivity contribution < 1.29 is 23.0 Å². The summed E-state index contributed by atoms with van der Waals surface area (Å²) in [5.41, 5.74) is -2.03. The van der Waals surface area contributed by atoms with Crippen LogP contribution in [-0.4, -0.2) is 41.2 Å². The lowest BCUT2D eigenvalue weighted by Gasteiger charge is -2.42. The Bertz CT molecular complexity index is 562. The number of fused-ring (bicyclic) bond motifs is 2. The topological polar surface area (TPSA) is 45.6 Å². The minimum Gasteiger partial charge on any atom is -0.481 e. The molecule has 2 atom stereocenters. The van der Waals surface area contributed by atoms with Gasteiger partial charge in [0, 0.05) is 23.8 Å². The van der Waals surface area contributed by atoms with Crippen LogP contribution in [0, 0.1) is 0 Å². The average molecular weight is 316 g/mol. The van der Waals surface area contributed by atoms with Gasteiger partial charge in [-0.05, 0) is 38.8 Å². The van der Waals surface area contributed by atoms with Gasteiger partial charge in [0.1, 0.15) is 0 Å². The first-order valence-corrected chi connectivity index (χ1v) is 7.30. The number of piperidine rings is 1. The lowest BCUT2D eigenvalue weighted by molar-refractivity contribution is -0.138. The van der Waals surface area contributed by atoms with E-state index >= 15 is 0 Å². The molecule has 2 unspecified atom stereocenters. The second-order valence-corrected chi connectivity index (χ2v) is 6.27. The van der Waals surface area contributed by atoms with E-state index < -0.39 is 17.3 Å². The van der Waals surface area contributed by atoms with E-state index in [0.717, 1.165) is 25.1 Å². The summed E-state index contributed by atoms with van der Waals surface area (Å²) in [5.74, 6) is 0.0689. The van der Waals surface area contributed by atoms with Gasteiger partial charge in [-0.25, -0.2) is 4.98 Å². The van der Waals surface area contributed by atoms with E-state index in [-0.39, 0.29) is 23.5 Å². The highest BCUT2D eigenvalue weighted by Crippen LogP contribution is 2.47. The van der Waals surface area contributed by atoms with Gasteiger partial charge in [-0.15, -0.1) is 0 Å². The number of rotatable bonds is 2. The van der Waals surface area contributed by atoms with Crippen molar-refractivity contribution in [2.45, 2.75) is 49.5 Å². The number of alkyl halides is 3. The highest BCUT2D eigenvalue weighted by Gasteiger charge is 2.48. The third-order valence-electron chi connectivity index (χ3n) is 5.00. The van der Waals surface area contributed by atoms with Crippen molar-refractivity contribution in [3.8, 4) is 5.88 Å². The SMILES string of the molecule is COc1ncc(C(F)(F)F)cc1C1(O)CC2CCC(C1)N2C. The van der Waals surface area contributed by atoms with Crippen molar-refractivity contribution in [3.05, 3.63) is 23.4 Å². The smallest absolute Gasteiger partial charge is 0.417 e. The zero-order valence-electron chi connectivity index (χ0n) is 12.5. The van der Waals surface area contributed by atoms with Gasteiger partial charge < -0.3 is 14.7 Å². The first-order chi connectivity index (χ1) is 10.2.